The molecule has 0 saturated heterocycles. The molecule has 1 fully saturated rings. The largest absolute Gasteiger partial charge is 0.455 e. The first-order valence-corrected chi connectivity index (χ1v) is 6.22. The second-order valence-electron chi connectivity index (χ2n) is 4.82. The quantitative estimate of drug-likeness (QED) is 0.833. The lowest BCUT2D eigenvalue weighted by Gasteiger charge is -2.09. The van der Waals surface area contributed by atoms with Gasteiger partial charge < -0.3 is 10.5 Å². The van der Waals surface area contributed by atoms with Crippen molar-refractivity contribution in [1.29, 1.82) is 0 Å². The van der Waals surface area contributed by atoms with Crippen LogP contribution in [0.4, 0.5) is 5.69 Å². The number of aryl methyl sites for hydroxylation is 1. The molecule has 0 atom stereocenters. The van der Waals surface area contributed by atoms with Crippen LogP contribution in [0.5, 0.6) is 11.5 Å². The predicted molar refractivity (Wildman–Crippen MR) is 71.9 cm³/mol. The molecule has 1 heterocycles. The molecule has 18 heavy (non-hydrogen) atoms. The average Bonchev–Trinajstić information content (AvgIpc) is 3.18. The minimum absolute atomic E-state index is 0.678. The smallest absolute Gasteiger partial charge is 0.145 e. The van der Waals surface area contributed by atoms with E-state index in [1.807, 2.05) is 31.2 Å². The molecule has 0 aliphatic heterocycles. The first kappa shape index (κ1) is 11.1. The van der Waals surface area contributed by atoms with Crippen LogP contribution in [0.25, 0.3) is 0 Å². The fraction of sp³-hybridized carbons (Fsp3) is 0.267. The van der Waals surface area contributed by atoms with Gasteiger partial charge in [0.1, 0.15) is 11.5 Å². The first-order chi connectivity index (χ1) is 8.72. The summed E-state index contributed by atoms with van der Waals surface area (Å²) in [6.07, 6.45) is 4.33. The maximum absolute atomic E-state index is 5.80. The first-order valence-electron chi connectivity index (χ1n) is 6.22. The van der Waals surface area contributed by atoms with Crippen molar-refractivity contribution in [3.63, 3.8) is 0 Å². The highest BCUT2D eigenvalue weighted by molar-refractivity contribution is 5.48. The summed E-state index contributed by atoms with van der Waals surface area (Å²) < 4.78 is 5.80. The standard InChI is InChI=1S/C15H16N2O/c1-10-8-12(16)4-7-15(10)18-13-5-6-14(17-9-13)11-2-3-11/h4-9,11H,2-3,16H2,1H3. The molecule has 1 aromatic carbocycles. The molecule has 0 bridgehead atoms. The van der Waals surface area contributed by atoms with Gasteiger partial charge in [-0.2, -0.15) is 0 Å². The number of hydrogen-bond donors (Lipinski definition) is 1. The summed E-state index contributed by atoms with van der Waals surface area (Å²) in [6, 6.07) is 9.67. The van der Waals surface area contributed by atoms with Gasteiger partial charge in [-0.15, -0.1) is 0 Å². The minimum atomic E-state index is 0.678. The van der Waals surface area contributed by atoms with Crippen LogP contribution in [0.3, 0.4) is 0 Å². The Morgan fingerprint density at radius 2 is 2.06 bits per heavy atom. The van der Waals surface area contributed by atoms with Gasteiger partial charge in [0.2, 0.25) is 0 Å². The van der Waals surface area contributed by atoms with Crippen molar-refractivity contribution in [3.05, 3.63) is 47.8 Å². The second-order valence-corrected chi connectivity index (χ2v) is 4.82. The zero-order valence-corrected chi connectivity index (χ0v) is 10.4. The van der Waals surface area contributed by atoms with Gasteiger partial charge in [0.15, 0.2) is 0 Å². The second kappa shape index (κ2) is 4.33. The molecule has 3 nitrogen and oxygen atoms in total. The summed E-state index contributed by atoms with van der Waals surface area (Å²) >= 11 is 0. The lowest BCUT2D eigenvalue weighted by atomic mass is 10.2. The van der Waals surface area contributed by atoms with Crippen molar-refractivity contribution >= 4 is 5.69 Å². The summed E-state index contributed by atoms with van der Waals surface area (Å²) in [7, 11) is 0. The number of nitrogens with two attached hydrogens (primary N) is 1. The lowest BCUT2D eigenvalue weighted by Crippen LogP contribution is -1.92. The third-order valence-corrected chi connectivity index (χ3v) is 3.18. The number of hydrogen-bond acceptors (Lipinski definition) is 3. The Balaban J connectivity index is 1.78. The molecule has 2 N–H and O–H groups in total. The molecule has 1 aliphatic rings. The molecular formula is C15H16N2O. The Kier molecular flexibility index (Phi) is 2.67. The van der Waals surface area contributed by atoms with E-state index in [2.05, 4.69) is 11.1 Å². The molecule has 0 unspecified atom stereocenters. The molecule has 2 aromatic rings. The molecule has 3 heteroatoms. The number of ether oxygens (including phenoxy) is 1. The van der Waals surface area contributed by atoms with E-state index in [-0.39, 0.29) is 0 Å². The van der Waals surface area contributed by atoms with Gasteiger partial charge >= 0.3 is 0 Å². The molecule has 0 radical (unpaired) electrons. The number of nitrogens with zero attached hydrogens (tertiary/aromatic N) is 1. The number of benzene rings is 1. The van der Waals surface area contributed by atoms with Gasteiger partial charge in [0, 0.05) is 17.3 Å². The monoisotopic (exact) mass is 240 g/mol. The fourth-order valence-corrected chi connectivity index (χ4v) is 1.99. The summed E-state index contributed by atoms with van der Waals surface area (Å²) in [5.41, 5.74) is 8.67. The minimum Gasteiger partial charge on any atom is -0.455 e. The third-order valence-electron chi connectivity index (χ3n) is 3.18. The third kappa shape index (κ3) is 2.30. The van der Waals surface area contributed by atoms with Crippen LogP contribution in [-0.4, -0.2) is 4.98 Å². The van der Waals surface area contributed by atoms with Gasteiger partial charge in [0.05, 0.1) is 6.20 Å². The molecular weight excluding hydrogens is 224 g/mol. The average molecular weight is 240 g/mol. The number of aromatic nitrogens is 1. The Bertz CT molecular complexity index is 559. The topological polar surface area (TPSA) is 48.1 Å². The van der Waals surface area contributed by atoms with Crippen molar-refractivity contribution in [2.75, 3.05) is 5.73 Å². The van der Waals surface area contributed by atoms with Gasteiger partial charge in [-0.3, -0.25) is 4.98 Å². The number of nitrogen functional groups attached to an aromatic ring is 1. The summed E-state index contributed by atoms with van der Waals surface area (Å²) in [6.45, 7) is 1.98. The van der Waals surface area contributed by atoms with Gasteiger partial charge in [-0.25, -0.2) is 0 Å². The highest BCUT2D eigenvalue weighted by Gasteiger charge is 2.24. The molecule has 92 valence electrons. The van der Waals surface area contributed by atoms with E-state index in [0.29, 0.717) is 5.92 Å². The van der Waals surface area contributed by atoms with E-state index in [1.54, 1.807) is 6.20 Å². The summed E-state index contributed by atoms with van der Waals surface area (Å²) in [4.78, 5) is 4.43. The predicted octanol–water partition coefficient (Wildman–Crippen LogP) is 3.64. The Labute approximate surface area is 107 Å². The molecule has 1 saturated carbocycles. The maximum atomic E-state index is 5.80. The molecule has 1 aliphatic carbocycles. The highest BCUT2D eigenvalue weighted by atomic mass is 16.5. The number of pyridine rings is 1. The van der Waals surface area contributed by atoms with Gasteiger partial charge in [-0.05, 0) is 55.7 Å². The molecule has 0 amide bonds. The summed E-state index contributed by atoms with van der Waals surface area (Å²) in [5.74, 6) is 2.27. The molecule has 0 spiro atoms. The molecule has 3 rings (SSSR count). The van der Waals surface area contributed by atoms with Crippen LogP contribution in [0.1, 0.15) is 30.0 Å². The normalized spacial score (nSPS) is 14.5. The van der Waals surface area contributed by atoms with Crippen molar-refractivity contribution < 1.29 is 4.74 Å². The van der Waals surface area contributed by atoms with Crippen LogP contribution in [0, 0.1) is 6.92 Å². The van der Waals surface area contributed by atoms with E-state index >= 15 is 0 Å². The number of rotatable bonds is 3. The lowest BCUT2D eigenvalue weighted by molar-refractivity contribution is 0.476. The van der Waals surface area contributed by atoms with Crippen LogP contribution >= 0.6 is 0 Å². The Hall–Kier alpha value is -2.03. The van der Waals surface area contributed by atoms with Gasteiger partial charge in [-0.1, -0.05) is 0 Å². The van der Waals surface area contributed by atoms with Crippen LogP contribution in [0.2, 0.25) is 0 Å². The van der Waals surface area contributed by atoms with Crippen molar-refractivity contribution in [1.82, 2.24) is 4.98 Å². The van der Waals surface area contributed by atoms with Gasteiger partial charge in [0.25, 0.3) is 0 Å². The molecule has 1 aromatic heterocycles. The zero-order valence-electron chi connectivity index (χ0n) is 10.4. The zero-order chi connectivity index (χ0) is 12.5. The van der Waals surface area contributed by atoms with E-state index in [9.17, 15) is 0 Å². The van der Waals surface area contributed by atoms with E-state index in [0.717, 1.165) is 22.7 Å². The SMILES string of the molecule is Cc1cc(N)ccc1Oc1ccc(C2CC2)nc1. The maximum Gasteiger partial charge on any atom is 0.145 e. The van der Waals surface area contributed by atoms with Crippen molar-refractivity contribution in [2.24, 2.45) is 0 Å². The Morgan fingerprint density at radius 1 is 1.22 bits per heavy atom. The fourth-order valence-electron chi connectivity index (χ4n) is 1.99. The van der Waals surface area contributed by atoms with Crippen molar-refractivity contribution in [2.45, 2.75) is 25.7 Å². The van der Waals surface area contributed by atoms with E-state index < -0.39 is 0 Å². The van der Waals surface area contributed by atoms with Crippen LogP contribution in [0.15, 0.2) is 36.5 Å². The van der Waals surface area contributed by atoms with Crippen molar-refractivity contribution in [3.8, 4) is 11.5 Å². The van der Waals surface area contributed by atoms with E-state index in [4.69, 9.17) is 10.5 Å². The number of anilines is 1. The highest BCUT2D eigenvalue weighted by Crippen LogP contribution is 2.39. The van der Waals surface area contributed by atoms with Crippen LogP contribution < -0.4 is 10.5 Å². The van der Waals surface area contributed by atoms with Crippen LogP contribution in [-0.2, 0) is 0 Å². The Morgan fingerprint density at radius 3 is 2.67 bits per heavy atom. The summed E-state index contributed by atoms with van der Waals surface area (Å²) in [5, 5.41) is 0. The van der Waals surface area contributed by atoms with E-state index in [1.165, 1.54) is 18.5 Å².